The Balaban J connectivity index is 1.84. The fourth-order valence-electron chi connectivity index (χ4n) is 2.83. The molecule has 0 bridgehead atoms. The zero-order chi connectivity index (χ0) is 16.4. The molecule has 23 heavy (non-hydrogen) atoms. The molecular weight excluding hydrogens is 298 g/mol. The van der Waals surface area contributed by atoms with Crippen molar-refractivity contribution in [3.63, 3.8) is 0 Å². The molecule has 0 aromatic carbocycles. The highest BCUT2D eigenvalue weighted by molar-refractivity contribution is 5.94. The van der Waals surface area contributed by atoms with Gasteiger partial charge in [-0.25, -0.2) is 0 Å². The predicted octanol–water partition coefficient (Wildman–Crippen LogP) is 2.18. The molecule has 0 unspecified atom stereocenters. The number of ether oxygens (including phenoxy) is 2. The van der Waals surface area contributed by atoms with Gasteiger partial charge in [0.2, 0.25) is 11.8 Å². The largest absolute Gasteiger partial charge is 0.498 e. The van der Waals surface area contributed by atoms with E-state index in [2.05, 4.69) is 10.2 Å². The molecule has 1 aromatic heterocycles. The van der Waals surface area contributed by atoms with Gasteiger partial charge in [0, 0.05) is 12.5 Å². The van der Waals surface area contributed by atoms with Gasteiger partial charge in [0.25, 0.3) is 5.91 Å². The van der Waals surface area contributed by atoms with Crippen molar-refractivity contribution in [1.82, 2.24) is 15.1 Å². The second-order valence-corrected chi connectivity index (χ2v) is 6.21. The molecule has 7 nitrogen and oxygen atoms in total. The Hall–Kier alpha value is -1.89. The summed E-state index contributed by atoms with van der Waals surface area (Å²) in [6.45, 7) is 7.91. The van der Waals surface area contributed by atoms with Crippen molar-refractivity contribution in [2.45, 2.75) is 45.6 Å². The van der Waals surface area contributed by atoms with Crippen molar-refractivity contribution in [2.24, 2.45) is 0 Å². The first-order chi connectivity index (χ1) is 11.1. The van der Waals surface area contributed by atoms with Crippen LogP contribution in [0.5, 0.6) is 0 Å². The summed E-state index contributed by atoms with van der Waals surface area (Å²) in [6, 6.07) is -0.335. The van der Waals surface area contributed by atoms with Crippen molar-refractivity contribution in [3.8, 4) is 0 Å². The van der Waals surface area contributed by atoms with E-state index >= 15 is 0 Å². The SMILES string of the molecule is CC1=C(C(=O)N2CCOC[C@H]2c2nnc(C(C)C)o2)CCCO1. The Kier molecular flexibility index (Phi) is 4.66. The normalized spacial score (nSPS) is 22.4. The van der Waals surface area contributed by atoms with E-state index in [0.29, 0.717) is 38.1 Å². The minimum atomic E-state index is -0.335. The molecule has 1 aromatic rings. The third-order valence-electron chi connectivity index (χ3n) is 4.20. The molecule has 2 aliphatic heterocycles. The van der Waals surface area contributed by atoms with E-state index in [-0.39, 0.29) is 17.9 Å². The summed E-state index contributed by atoms with van der Waals surface area (Å²) in [5.74, 6) is 1.88. The van der Waals surface area contributed by atoms with Gasteiger partial charge < -0.3 is 18.8 Å². The monoisotopic (exact) mass is 321 g/mol. The highest BCUT2D eigenvalue weighted by Gasteiger charge is 2.35. The van der Waals surface area contributed by atoms with Gasteiger partial charge in [0.1, 0.15) is 11.8 Å². The molecule has 3 heterocycles. The van der Waals surface area contributed by atoms with E-state index in [1.54, 1.807) is 4.90 Å². The van der Waals surface area contributed by atoms with E-state index in [1.165, 1.54) is 0 Å². The summed E-state index contributed by atoms with van der Waals surface area (Å²) in [7, 11) is 0. The number of hydrogen-bond donors (Lipinski definition) is 0. The van der Waals surface area contributed by atoms with Gasteiger partial charge in [-0.15, -0.1) is 10.2 Å². The number of rotatable bonds is 3. The number of amides is 1. The number of carbonyl (C=O) groups is 1. The third kappa shape index (κ3) is 3.24. The molecule has 0 spiro atoms. The van der Waals surface area contributed by atoms with Crippen LogP contribution < -0.4 is 0 Å². The summed E-state index contributed by atoms with van der Waals surface area (Å²) in [4.78, 5) is 14.7. The van der Waals surface area contributed by atoms with Gasteiger partial charge in [-0.05, 0) is 19.8 Å². The maximum Gasteiger partial charge on any atom is 0.253 e. The lowest BCUT2D eigenvalue weighted by Gasteiger charge is -2.35. The summed E-state index contributed by atoms with van der Waals surface area (Å²) >= 11 is 0. The maximum atomic E-state index is 12.9. The molecular formula is C16H23N3O4. The number of morpholine rings is 1. The van der Waals surface area contributed by atoms with Crippen LogP contribution in [0.25, 0.3) is 0 Å². The Morgan fingerprint density at radius 2 is 2.13 bits per heavy atom. The maximum absolute atomic E-state index is 12.9. The van der Waals surface area contributed by atoms with E-state index in [0.717, 1.165) is 24.2 Å². The van der Waals surface area contributed by atoms with Crippen LogP contribution in [0.2, 0.25) is 0 Å². The molecule has 1 atom stereocenters. The number of carbonyl (C=O) groups excluding carboxylic acids is 1. The lowest BCUT2D eigenvalue weighted by Crippen LogP contribution is -2.44. The first-order valence-corrected chi connectivity index (χ1v) is 8.12. The minimum absolute atomic E-state index is 0.0141. The molecule has 3 rings (SSSR count). The van der Waals surface area contributed by atoms with Crippen molar-refractivity contribution in [2.75, 3.05) is 26.4 Å². The van der Waals surface area contributed by atoms with Gasteiger partial charge in [-0.3, -0.25) is 4.79 Å². The Morgan fingerprint density at radius 1 is 1.30 bits per heavy atom. The topological polar surface area (TPSA) is 77.7 Å². The molecule has 7 heteroatoms. The van der Waals surface area contributed by atoms with E-state index in [4.69, 9.17) is 13.9 Å². The Bertz CT molecular complexity index is 608. The fraction of sp³-hybridized carbons (Fsp3) is 0.688. The van der Waals surface area contributed by atoms with Crippen molar-refractivity contribution in [3.05, 3.63) is 23.1 Å². The second-order valence-electron chi connectivity index (χ2n) is 6.21. The predicted molar refractivity (Wildman–Crippen MR) is 81.5 cm³/mol. The van der Waals surface area contributed by atoms with Gasteiger partial charge in [-0.1, -0.05) is 13.8 Å². The zero-order valence-electron chi connectivity index (χ0n) is 13.9. The first-order valence-electron chi connectivity index (χ1n) is 8.12. The summed E-state index contributed by atoms with van der Waals surface area (Å²) in [5, 5.41) is 8.19. The minimum Gasteiger partial charge on any atom is -0.498 e. The van der Waals surface area contributed by atoms with Crippen molar-refractivity contribution < 1.29 is 18.7 Å². The summed E-state index contributed by atoms with van der Waals surface area (Å²) in [6.07, 6.45) is 1.61. The third-order valence-corrected chi connectivity index (χ3v) is 4.20. The summed E-state index contributed by atoms with van der Waals surface area (Å²) in [5.41, 5.74) is 0.742. The molecule has 0 radical (unpaired) electrons. The lowest BCUT2D eigenvalue weighted by molar-refractivity contribution is -0.137. The van der Waals surface area contributed by atoms with E-state index < -0.39 is 0 Å². The molecule has 2 aliphatic rings. The van der Waals surface area contributed by atoms with Crippen LogP contribution in [-0.2, 0) is 14.3 Å². The number of hydrogen-bond acceptors (Lipinski definition) is 6. The smallest absolute Gasteiger partial charge is 0.253 e. The average molecular weight is 321 g/mol. The highest BCUT2D eigenvalue weighted by Crippen LogP contribution is 2.29. The number of allylic oxidation sites excluding steroid dienone is 1. The second kappa shape index (κ2) is 6.70. The fourth-order valence-corrected chi connectivity index (χ4v) is 2.83. The summed E-state index contributed by atoms with van der Waals surface area (Å²) < 4.78 is 16.8. The first kappa shape index (κ1) is 16.0. The van der Waals surface area contributed by atoms with Crippen LogP contribution in [-0.4, -0.2) is 47.4 Å². The molecule has 1 fully saturated rings. The van der Waals surface area contributed by atoms with Crippen LogP contribution in [0.1, 0.15) is 57.4 Å². The quantitative estimate of drug-likeness (QED) is 0.849. The average Bonchev–Trinajstić information content (AvgIpc) is 3.05. The van der Waals surface area contributed by atoms with Crippen LogP contribution >= 0.6 is 0 Å². The van der Waals surface area contributed by atoms with Crippen LogP contribution in [0.3, 0.4) is 0 Å². The molecule has 1 amide bonds. The Labute approximate surface area is 135 Å². The standard InChI is InChI=1S/C16H23N3O4/c1-10(2)14-17-18-15(23-14)13-9-21-8-6-19(13)16(20)12-5-4-7-22-11(12)3/h10,13H,4-9H2,1-3H3/t13-/m0/s1. The highest BCUT2D eigenvalue weighted by atomic mass is 16.5. The Morgan fingerprint density at radius 3 is 2.83 bits per heavy atom. The van der Waals surface area contributed by atoms with Crippen molar-refractivity contribution >= 4 is 5.91 Å². The molecule has 0 saturated carbocycles. The number of nitrogens with zero attached hydrogens (tertiary/aromatic N) is 3. The van der Waals surface area contributed by atoms with Crippen LogP contribution in [0.15, 0.2) is 15.7 Å². The van der Waals surface area contributed by atoms with E-state index in [9.17, 15) is 4.79 Å². The zero-order valence-corrected chi connectivity index (χ0v) is 13.9. The van der Waals surface area contributed by atoms with Gasteiger partial charge in [0.15, 0.2) is 0 Å². The van der Waals surface area contributed by atoms with Gasteiger partial charge in [-0.2, -0.15) is 0 Å². The van der Waals surface area contributed by atoms with Gasteiger partial charge >= 0.3 is 0 Å². The van der Waals surface area contributed by atoms with Crippen molar-refractivity contribution in [1.29, 1.82) is 0 Å². The van der Waals surface area contributed by atoms with Gasteiger partial charge in [0.05, 0.1) is 25.4 Å². The van der Waals surface area contributed by atoms with E-state index in [1.807, 2.05) is 20.8 Å². The van der Waals surface area contributed by atoms with Crippen LogP contribution in [0.4, 0.5) is 0 Å². The molecule has 1 saturated heterocycles. The molecule has 0 N–H and O–H groups in total. The van der Waals surface area contributed by atoms with Crippen LogP contribution in [0, 0.1) is 0 Å². The molecule has 126 valence electrons. The number of aromatic nitrogens is 2. The lowest BCUT2D eigenvalue weighted by atomic mass is 10.0. The molecule has 0 aliphatic carbocycles.